The van der Waals surface area contributed by atoms with Gasteiger partial charge in [0.1, 0.15) is 5.82 Å². The molecule has 2 nitrogen and oxygen atoms in total. The number of nitrogens with zero attached hydrogens (tertiary/aromatic N) is 1. The monoisotopic (exact) mass is 332 g/mol. The summed E-state index contributed by atoms with van der Waals surface area (Å²) in [5.74, 6) is -0.228. The number of hydrogen-bond acceptors (Lipinski definition) is 1. The van der Waals surface area contributed by atoms with E-state index in [-0.39, 0.29) is 5.82 Å². The molecule has 0 saturated heterocycles. The van der Waals surface area contributed by atoms with Gasteiger partial charge in [0.25, 0.3) is 0 Å². The molecule has 0 aliphatic carbocycles. The van der Waals surface area contributed by atoms with E-state index in [1.54, 1.807) is 6.07 Å². The lowest BCUT2D eigenvalue weighted by Crippen LogP contribution is -2.00. The van der Waals surface area contributed by atoms with E-state index in [9.17, 15) is 4.39 Å². The maximum absolute atomic E-state index is 13.4. The fourth-order valence-corrected chi connectivity index (χ4v) is 2.91. The molecular weight excluding hydrogens is 319 g/mol. The summed E-state index contributed by atoms with van der Waals surface area (Å²) in [7, 11) is 0. The molecule has 0 saturated carbocycles. The highest BCUT2D eigenvalue weighted by Gasteiger charge is 2.05. The minimum absolute atomic E-state index is 0.228. The highest BCUT2D eigenvalue weighted by molar-refractivity contribution is 9.10. The van der Waals surface area contributed by atoms with E-state index in [0.29, 0.717) is 13.1 Å². The first kappa shape index (κ1) is 13.3. The summed E-state index contributed by atoms with van der Waals surface area (Å²) < 4.78 is 16.3. The number of rotatable bonds is 3. The Morgan fingerprint density at radius 1 is 1.05 bits per heavy atom. The lowest BCUT2D eigenvalue weighted by molar-refractivity contribution is 0.623. The molecule has 0 aliphatic heterocycles. The quantitative estimate of drug-likeness (QED) is 0.770. The average molecular weight is 333 g/mol. The second kappa shape index (κ2) is 5.38. The molecule has 4 heteroatoms. The Kier molecular flexibility index (Phi) is 3.59. The van der Waals surface area contributed by atoms with Crippen molar-refractivity contribution in [1.29, 1.82) is 0 Å². The van der Waals surface area contributed by atoms with Gasteiger partial charge in [-0.25, -0.2) is 4.39 Å². The summed E-state index contributed by atoms with van der Waals surface area (Å²) in [5, 5.41) is 1.16. The Morgan fingerprint density at radius 2 is 1.90 bits per heavy atom. The van der Waals surface area contributed by atoms with E-state index in [4.69, 9.17) is 5.73 Å². The number of hydrogen-bond donors (Lipinski definition) is 1. The molecule has 0 amide bonds. The van der Waals surface area contributed by atoms with Gasteiger partial charge in [0, 0.05) is 29.3 Å². The molecule has 3 aromatic rings. The third-order valence-electron chi connectivity index (χ3n) is 3.35. The number of halogens is 2. The van der Waals surface area contributed by atoms with Crippen molar-refractivity contribution in [1.82, 2.24) is 4.57 Å². The van der Waals surface area contributed by atoms with Crippen molar-refractivity contribution in [3.63, 3.8) is 0 Å². The molecule has 0 aliphatic rings. The zero-order chi connectivity index (χ0) is 14.1. The van der Waals surface area contributed by atoms with Crippen molar-refractivity contribution >= 4 is 26.8 Å². The first-order chi connectivity index (χ1) is 9.65. The van der Waals surface area contributed by atoms with E-state index in [1.807, 2.05) is 18.3 Å². The zero-order valence-corrected chi connectivity index (χ0v) is 12.4. The van der Waals surface area contributed by atoms with Crippen molar-refractivity contribution in [2.75, 3.05) is 0 Å². The maximum atomic E-state index is 13.4. The molecule has 0 radical (unpaired) electrons. The van der Waals surface area contributed by atoms with E-state index < -0.39 is 0 Å². The van der Waals surface area contributed by atoms with Gasteiger partial charge in [0.2, 0.25) is 0 Å². The third kappa shape index (κ3) is 2.62. The summed E-state index contributed by atoms with van der Waals surface area (Å²) >= 11 is 3.32. The standard InChI is InChI=1S/C16H14BrFN2/c17-14-5-12(6-15(18)8-14)10-20-4-3-13-2-1-11(9-19)7-16(13)20/h1-8H,9-10,19H2. The van der Waals surface area contributed by atoms with Crippen LogP contribution in [0, 0.1) is 5.82 Å². The fraction of sp³-hybridized carbons (Fsp3) is 0.125. The van der Waals surface area contributed by atoms with Crippen molar-refractivity contribution < 1.29 is 4.39 Å². The van der Waals surface area contributed by atoms with Crippen LogP contribution in [0.5, 0.6) is 0 Å². The van der Waals surface area contributed by atoms with E-state index in [0.717, 1.165) is 26.5 Å². The molecular formula is C16H14BrFN2. The van der Waals surface area contributed by atoms with Crippen LogP contribution < -0.4 is 5.73 Å². The Hall–Kier alpha value is -1.65. The van der Waals surface area contributed by atoms with Crippen LogP contribution in [-0.2, 0) is 13.1 Å². The molecule has 2 aromatic carbocycles. The fourth-order valence-electron chi connectivity index (χ4n) is 2.39. The van der Waals surface area contributed by atoms with E-state index in [2.05, 4.69) is 38.7 Å². The van der Waals surface area contributed by atoms with E-state index in [1.165, 1.54) is 6.07 Å². The Bertz CT molecular complexity index is 744. The Balaban J connectivity index is 2.01. The van der Waals surface area contributed by atoms with Gasteiger partial charge in [-0.15, -0.1) is 0 Å². The van der Waals surface area contributed by atoms with Gasteiger partial charge in [0.05, 0.1) is 0 Å². The molecule has 1 aromatic heterocycles. The molecule has 2 N–H and O–H groups in total. The van der Waals surface area contributed by atoms with Gasteiger partial charge in [-0.2, -0.15) is 0 Å². The highest BCUT2D eigenvalue weighted by Crippen LogP contribution is 2.21. The van der Waals surface area contributed by atoms with Gasteiger partial charge in [-0.05, 0) is 46.8 Å². The lowest BCUT2D eigenvalue weighted by Gasteiger charge is -2.08. The summed E-state index contributed by atoms with van der Waals surface area (Å²) in [5.41, 5.74) is 8.82. The van der Waals surface area contributed by atoms with Crippen molar-refractivity contribution in [3.05, 3.63) is 70.1 Å². The number of fused-ring (bicyclic) bond motifs is 1. The molecule has 0 unspecified atom stereocenters. The Morgan fingerprint density at radius 3 is 2.65 bits per heavy atom. The smallest absolute Gasteiger partial charge is 0.124 e. The zero-order valence-electron chi connectivity index (χ0n) is 10.8. The average Bonchev–Trinajstić information content (AvgIpc) is 2.80. The van der Waals surface area contributed by atoms with Crippen LogP contribution in [0.15, 0.2) is 53.1 Å². The largest absolute Gasteiger partial charge is 0.343 e. The van der Waals surface area contributed by atoms with Crippen LogP contribution in [0.25, 0.3) is 10.9 Å². The first-order valence-electron chi connectivity index (χ1n) is 6.38. The van der Waals surface area contributed by atoms with Crippen molar-refractivity contribution in [2.45, 2.75) is 13.1 Å². The van der Waals surface area contributed by atoms with Crippen LogP contribution in [0.1, 0.15) is 11.1 Å². The summed E-state index contributed by atoms with van der Waals surface area (Å²) in [6.07, 6.45) is 2.02. The number of benzene rings is 2. The molecule has 20 heavy (non-hydrogen) atoms. The number of nitrogens with two attached hydrogens (primary N) is 1. The molecule has 1 heterocycles. The van der Waals surface area contributed by atoms with Gasteiger partial charge in [-0.3, -0.25) is 0 Å². The van der Waals surface area contributed by atoms with Crippen molar-refractivity contribution in [3.8, 4) is 0 Å². The first-order valence-corrected chi connectivity index (χ1v) is 7.18. The van der Waals surface area contributed by atoms with Crippen LogP contribution in [0.2, 0.25) is 0 Å². The lowest BCUT2D eigenvalue weighted by atomic mass is 10.1. The molecule has 0 bridgehead atoms. The molecule has 0 atom stereocenters. The normalized spacial score (nSPS) is 11.2. The molecule has 0 fully saturated rings. The van der Waals surface area contributed by atoms with Crippen LogP contribution in [0.3, 0.4) is 0 Å². The topological polar surface area (TPSA) is 30.9 Å². The van der Waals surface area contributed by atoms with Gasteiger partial charge < -0.3 is 10.3 Å². The molecule has 3 rings (SSSR count). The minimum atomic E-state index is -0.228. The van der Waals surface area contributed by atoms with Crippen LogP contribution in [-0.4, -0.2) is 4.57 Å². The second-order valence-electron chi connectivity index (χ2n) is 4.82. The van der Waals surface area contributed by atoms with Crippen LogP contribution >= 0.6 is 15.9 Å². The highest BCUT2D eigenvalue weighted by atomic mass is 79.9. The predicted molar refractivity (Wildman–Crippen MR) is 83.0 cm³/mol. The number of aromatic nitrogens is 1. The van der Waals surface area contributed by atoms with Crippen molar-refractivity contribution in [2.24, 2.45) is 5.73 Å². The maximum Gasteiger partial charge on any atom is 0.124 e. The molecule has 102 valence electrons. The Labute approximate surface area is 125 Å². The second-order valence-corrected chi connectivity index (χ2v) is 5.73. The molecule has 0 spiro atoms. The van der Waals surface area contributed by atoms with Gasteiger partial charge >= 0.3 is 0 Å². The van der Waals surface area contributed by atoms with E-state index >= 15 is 0 Å². The third-order valence-corrected chi connectivity index (χ3v) is 3.81. The predicted octanol–water partition coefficient (Wildman–Crippen LogP) is 4.05. The minimum Gasteiger partial charge on any atom is -0.343 e. The van der Waals surface area contributed by atoms with Gasteiger partial charge in [-0.1, -0.05) is 28.1 Å². The summed E-state index contributed by atoms with van der Waals surface area (Å²) in [6, 6.07) is 13.2. The van der Waals surface area contributed by atoms with Crippen LogP contribution in [0.4, 0.5) is 4.39 Å². The van der Waals surface area contributed by atoms with Gasteiger partial charge in [0.15, 0.2) is 0 Å². The summed E-state index contributed by atoms with van der Waals surface area (Å²) in [4.78, 5) is 0. The SMILES string of the molecule is NCc1ccc2ccn(Cc3cc(F)cc(Br)c3)c2c1. The summed E-state index contributed by atoms with van der Waals surface area (Å²) in [6.45, 7) is 1.15.